The Hall–Kier alpha value is -1.26. The highest BCUT2D eigenvalue weighted by atomic mass is 32.2. The minimum atomic E-state index is 0.172. The molecule has 4 heteroatoms. The lowest BCUT2D eigenvalue weighted by molar-refractivity contribution is -0.109. The Labute approximate surface area is 119 Å². The highest BCUT2D eigenvalue weighted by Gasteiger charge is 1.94. The van der Waals surface area contributed by atoms with Gasteiger partial charge in [0.05, 0.1) is 6.61 Å². The summed E-state index contributed by atoms with van der Waals surface area (Å²) in [5.41, 5.74) is 1.13. The van der Waals surface area contributed by atoms with Crippen molar-refractivity contribution in [1.29, 1.82) is 0 Å². The van der Waals surface area contributed by atoms with Crippen LogP contribution >= 0.6 is 11.8 Å². The molecule has 0 saturated heterocycles. The van der Waals surface area contributed by atoms with Crippen molar-refractivity contribution in [2.45, 2.75) is 13.3 Å². The first kappa shape index (κ1) is 15.8. The molecule has 1 aromatic carbocycles. The van der Waals surface area contributed by atoms with Gasteiger partial charge in [0.2, 0.25) is 0 Å². The first-order valence-corrected chi connectivity index (χ1v) is 7.22. The van der Waals surface area contributed by atoms with Crippen LogP contribution in [0.3, 0.4) is 0 Å². The third-order valence-electron chi connectivity index (χ3n) is 2.34. The lowest BCUT2D eigenvalue weighted by Crippen LogP contribution is -2.03. The average molecular weight is 280 g/mol. The average Bonchev–Trinajstić information content (AvgIpc) is 2.40. The van der Waals surface area contributed by atoms with Crippen molar-refractivity contribution in [2.75, 3.05) is 26.1 Å². The molecule has 0 aliphatic heterocycles. The van der Waals surface area contributed by atoms with Crippen molar-refractivity contribution in [2.24, 2.45) is 0 Å². The molecule has 104 valence electrons. The van der Waals surface area contributed by atoms with Gasteiger partial charge in [-0.2, -0.15) is 0 Å². The number of carbonyl (C=O) groups excluding carboxylic acids is 1. The minimum absolute atomic E-state index is 0.172. The van der Waals surface area contributed by atoms with Crippen molar-refractivity contribution >= 4 is 23.0 Å². The van der Waals surface area contributed by atoms with Gasteiger partial charge in [0.25, 0.3) is 0 Å². The van der Waals surface area contributed by atoms with Gasteiger partial charge in [-0.1, -0.05) is 36.0 Å². The fraction of sp³-hybridized carbons (Fsp3) is 0.400. The van der Waals surface area contributed by atoms with Crippen LogP contribution in [0.25, 0.3) is 6.08 Å². The van der Waals surface area contributed by atoms with Gasteiger partial charge in [-0.3, -0.25) is 4.79 Å². The molecule has 0 saturated carbocycles. The van der Waals surface area contributed by atoms with Crippen molar-refractivity contribution in [3.63, 3.8) is 0 Å². The monoisotopic (exact) mass is 280 g/mol. The van der Waals surface area contributed by atoms with Crippen LogP contribution in [0.4, 0.5) is 0 Å². The van der Waals surface area contributed by atoms with Gasteiger partial charge in [0.15, 0.2) is 5.12 Å². The maximum absolute atomic E-state index is 10.7. The number of carbonyl (C=O) groups is 1. The summed E-state index contributed by atoms with van der Waals surface area (Å²) < 4.78 is 10.4. The Morgan fingerprint density at radius 2 is 2.00 bits per heavy atom. The van der Waals surface area contributed by atoms with Crippen LogP contribution in [0.1, 0.15) is 18.9 Å². The second kappa shape index (κ2) is 9.64. The molecule has 0 N–H and O–H groups in total. The van der Waals surface area contributed by atoms with Crippen LogP contribution in [0.5, 0.6) is 5.75 Å². The number of thioether (sulfide) groups is 1. The second-order valence-electron chi connectivity index (χ2n) is 3.94. The summed E-state index contributed by atoms with van der Waals surface area (Å²) in [5, 5.41) is 0.172. The molecule has 0 bridgehead atoms. The standard InChI is InChI=1S/C15H20O3S/c1-13(16)19-12-4-3-5-14-6-8-15(9-7-14)18-11-10-17-2/h3,5-9H,4,10-12H2,1-2H3. The van der Waals surface area contributed by atoms with E-state index in [2.05, 4.69) is 12.2 Å². The molecule has 0 amide bonds. The summed E-state index contributed by atoms with van der Waals surface area (Å²) in [6, 6.07) is 7.91. The van der Waals surface area contributed by atoms with E-state index >= 15 is 0 Å². The lowest BCUT2D eigenvalue weighted by atomic mass is 10.2. The fourth-order valence-electron chi connectivity index (χ4n) is 1.41. The van der Waals surface area contributed by atoms with E-state index in [4.69, 9.17) is 9.47 Å². The fourth-order valence-corrected chi connectivity index (χ4v) is 1.95. The van der Waals surface area contributed by atoms with E-state index in [1.807, 2.05) is 24.3 Å². The summed E-state index contributed by atoms with van der Waals surface area (Å²) in [6.07, 6.45) is 5.03. The molecule has 0 radical (unpaired) electrons. The Morgan fingerprint density at radius 3 is 2.63 bits per heavy atom. The molecule has 0 heterocycles. The predicted molar refractivity (Wildman–Crippen MR) is 80.6 cm³/mol. The molecule has 0 atom stereocenters. The molecule has 0 aromatic heterocycles. The molecule has 0 fully saturated rings. The molecule has 0 spiro atoms. The van der Waals surface area contributed by atoms with Crippen molar-refractivity contribution < 1.29 is 14.3 Å². The molecule has 3 nitrogen and oxygen atoms in total. The summed E-state index contributed by atoms with van der Waals surface area (Å²) in [6.45, 7) is 2.75. The zero-order valence-corrected chi connectivity index (χ0v) is 12.2. The van der Waals surface area contributed by atoms with Crippen molar-refractivity contribution in [1.82, 2.24) is 0 Å². The van der Waals surface area contributed by atoms with Crippen LogP contribution in [0.15, 0.2) is 30.3 Å². The minimum Gasteiger partial charge on any atom is -0.491 e. The number of allylic oxidation sites excluding steroid dienone is 1. The van der Waals surface area contributed by atoms with E-state index in [-0.39, 0.29) is 5.12 Å². The van der Waals surface area contributed by atoms with Crippen LogP contribution in [0.2, 0.25) is 0 Å². The van der Waals surface area contributed by atoms with Crippen molar-refractivity contribution in [3.8, 4) is 5.75 Å². The molecule has 0 unspecified atom stereocenters. The third kappa shape index (κ3) is 7.70. The maximum atomic E-state index is 10.7. The van der Waals surface area contributed by atoms with E-state index in [0.717, 1.165) is 23.5 Å². The van der Waals surface area contributed by atoms with Crippen LogP contribution in [-0.2, 0) is 9.53 Å². The van der Waals surface area contributed by atoms with Crippen LogP contribution in [-0.4, -0.2) is 31.2 Å². The molecule has 19 heavy (non-hydrogen) atoms. The summed E-state index contributed by atoms with van der Waals surface area (Å²) in [4.78, 5) is 10.7. The Morgan fingerprint density at radius 1 is 1.26 bits per heavy atom. The van der Waals surface area contributed by atoms with E-state index < -0.39 is 0 Å². The van der Waals surface area contributed by atoms with Gasteiger partial charge in [-0.25, -0.2) is 0 Å². The Balaban J connectivity index is 2.31. The summed E-state index contributed by atoms with van der Waals surface area (Å²) in [5.74, 6) is 1.69. The highest BCUT2D eigenvalue weighted by Crippen LogP contribution is 2.13. The first-order valence-electron chi connectivity index (χ1n) is 6.24. The van der Waals surface area contributed by atoms with Gasteiger partial charge in [-0.05, 0) is 24.1 Å². The summed E-state index contributed by atoms with van der Waals surface area (Å²) >= 11 is 1.36. The third-order valence-corrected chi connectivity index (χ3v) is 3.18. The van der Waals surface area contributed by atoms with Gasteiger partial charge in [0.1, 0.15) is 12.4 Å². The zero-order chi connectivity index (χ0) is 13.9. The number of ether oxygens (including phenoxy) is 2. The topological polar surface area (TPSA) is 35.5 Å². The number of hydrogen-bond donors (Lipinski definition) is 0. The quantitative estimate of drug-likeness (QED) is 0.684. The molecule has 1 aromatic rings. The SMILES string of the molecule is COCCOc1ccc(C=CCCSC(C)=O)cc1. The highest BCUT2D eigenvalue weighted by molar-refractivity contribution is 8.13. The summed E-state index contributed by atoms with van der Waals surface area (Å²) in [7, 11) is 1.65. The van der Waals surface area contributed by atoms with Gasteiger partial charge in [-0.15, -0.1) is 0 Å². The van der Waals surface area contributed by atoms with Crippen LogP contribution < -0.4 is 4.74 Å². The number of hydrogen-bond acceptors (Lipinski definition) is 4. The predicted octanol–water partition coefficient (Wildman–Crippen LogP) is 3.39. The van der Waals surface area contributed by atoms with E-state index in [1.54, 1.807) is 14.0 Å². The largest absolute Gasteiger partial charge is 0.491 e. The molecular weight excluding hydrogens is 260 g/mol. The van der Waals surface area contributed by atoms with E-state index in [0.29, 0.717) is 13.2 Å². The Kier molecular flexibility index (Phi) is 8.02. The number of methoxy groups -OCH3 is 1. The van der Waals surface area contributed by atoms with E-state index in [9.17, 15) is 4.79 Å². The van der Waals surface area contributed by atoms with E-state index in [1.165, 1.54) is 11.8 Å². The van der Waals surface area contributed by atoms with Gasteiger partial charge >= 0.3 is 0 Å². The lowest BCUT2D eigenvalue weighted by Gasteiger charge is -2.05. The molecule has 0 aliphatic carbocycles. The normalized spacial score (nSPS) is 10.8. The smallest absolute Gasteiger partial charge is 0.185 e. The van der Waals surface area contributed by atoms with Crippen LogP contribution in [0, 0.1) is 0 Å². The number of benzene rings is 1. The Bertz CT molecular complexity index is 398. The second-order valence-corrected chi connectivity index (χ2v) is 5.21. The zero-order valence-electron chi connectivity index (χ0n) is 11.4. The van der Waals surface area contributed by atoms with Gasteiger partial charge < -0.3 is 9.47 Å². The van der Waals surface area contributed by atoms with Gasteiger partial charge in [0, 0.05) is 19.8 Å². The first-order chi connectivity index (χ1) is 9.22. The maximum Gasteiger partial charge on any atom is 0.185 e. The molecular formula is C15H20O3S. The van der Waals surface area contributed by atoms with Crippen molar-refractivity contribution in [3.05, 3.63) is 35.9 Å². The molecule has 0 aliphatic rings. The molecule has 1 rings (SSSR count). The number of rotatable bonds is 8.